The van der Waals surface area contributed by atoms with E-state index in [1.165, 1.54) is 11.3 Å². The van der Waals surface area contributed by atoms with Gasteiger partial charge in [-0.15, -0.1) is 23.7 Å². The fourth-order valence-electron chi connectivity index (χ4n) is 3.14. The maximum atomic E-state index is 13.5. The first-order valence-corrected chi connectivity index (χ1v) is 8.82. The summed E-state index contributed by atoms with van der Waals surface area (Å²) in [6.07, 6.45) is -9.44. The molecule has 0 spiro atoms. The Bertz CT molecular complexity index is 739. The summed E-state index contributed by atoms with van der Waals surface area (Å²) < 4.78 is 80.0. The third-order valence-electron chi connectivity index (χ3n) is 4.31. The van der Waals surface area contributed by atoms with Gasteiger partial charge in [-0.05, 0) is 35.2 Å². The van der Waals surface area contributed by atoms with Crippen molar-refractivity contribution in [2.45, 2.75) is 18.4 Å². The van der Waals surface area contributed by atoms with E-state index in [1.807, 2.05) is 0 Å². The van der Waals surface area contributed by atoms with Gasteiger partial charge < -0.3 is 5.32 Å². The maximum Gasteiger partial charge on any atom is 0.416 e. The third-order valence-corrected chi connectivity index (χ3v) is 5.23. The second kappa shape index (κ2) is 8.38. The number of hydrogen-bond acceptors (Lipinski definition) is 3. The zero-order chi connectivity index (χ0) is 18.9. The van der Waals surface area contributed by atoms with Crippen LogP contribution < -0.4 is 5.32 Å². The van der Waals surface area contributed by atoms with E-state index in [4.69, 9.17) is 0 Å². The molecule has 1 aromatic carbocycles. The number of thiophene rings is 1. The van der Waals surface area contributed by atoms with Crippen molar-refractivity contribution in [3.05, 3.63) is 57.3 Å². The summed E-state index contributed by atoms with van der Waals surface area (Å²) in [5.74, 6) is 0. The maximum absolute atomic E-state index is 13.5. The first-order valence-electron chi connectivity index (χ1n) is 7.94. The Morgan fingerprint density at radius 1 is 0.963 bits per heavy atom. The molecule has 1 atom stereocenters. The SMILES string of the molecule is Cl.FC(F)(F)c1ccc(C(F)(F)F)c([C@H](c2cccs2)N2CCNCC2)c1. The van der Waals surface area contributed by atoms with Gasteiger partial charge in [-0.3, -0.25) is 4.90 Å². The van der Waals surface area contributed by atoms with Crippen molar-refractivity contribution in [3.63, 3.8) is 0 Å². The molecular formula is C17H17ClF6N2S. The molecule has 10 heteroatoms. The predicted octanol–water partition coefficient (Wildman–Crippen LogP) is 5.20. The molecule has 2 aromatic rings. The molecule has 1 N–H and O–H groups in total. The van der Waals surface area contributed by atoms with E-state index in [9.17, 15) is 26.3 Å². The van der Waals surface area contributed by atoms with Crippen LogP contribution in [0.25, 0.3) is 0 Å². The minimum Gasteiger partial charge on any atom is -0.314 e. The van der Waals surface area contributed by atoms with Crippen LogP contribution in [0.3, 0.4) is 0 Å². The van der Waals surface area contributed by atoms with Gasteiger partial charge in [0.25, 0.3) is 0 Å². The Balaban J connectivity index is 0.00000261. The molecule has 1 aliphatic rings. The molecule has 0 radical (unpaired) electrons. The minimum absolute atomic E-state index is 0. The highest BCUT2D eigenvalue weighted by Gasteiger charge is 2.40. The van der Waals surface area contributed by atoms with Crippen molar-refractivity contribution in [2.24, 2.45) is 0 Å². The molecule has 1 aliphatic heterocycles. The van der Waals surface area contributed by atoms with Gasteiger partial charge in [0, 0.05) is 31.1 Å². The topological polar surface area (TPSA) is 15.3 Å². The number of halogens is 7. The number of piperazine rings is 1. The highest BCUT2D eigenvalue weighted by atomic mass is 35.5. The van der Waals surface area contributed by atoms with E-state index in [0.29, 0.717) is 49.3 Å². The Labute approximate surface area is 162 Å². The molecule has 0 saturated carbocycles. The summed E-state index contributed by atoms with van der Waals surface area (Å²) in [5.41, 5.74) is -2.45. The van der Waals surface area contributed by atoms with Gasteiger partial charge in [0.2, 0.25) is 0 Å². The van der Waals surface area contributed by atoms with Crippen LogP contribution in [0.15, 0.2) is 35.7 Å². The molecule has 27 heavy (non-hydrogen) atoms. The van der Waals surface area contributed by atoms with Crippen LogP contribution >= 0.6 is 23.7 Å². The van der Waals surface area contributed by atoms with E-state index in [2.05, 4.69) is 5.32 Å². The lowest BCUT2D eigenvalue weighted by molar-refractivity contribution is -0.142. The Hall–Kier alpha value is -1.29. The van der Waals surface area contributed by atoms with E-state index in [-0.39, 0.29) is 18.0 Å². The van der Waals surface area contributed by atoms with Crippen molar-refractivity contribution in [1.82, 2.24) is 10.2 Å². The van der Waals surface area contributed by atoms with Gasteiger partial charge in [-0.2, -0.15) is 26.3 Å². The van der Waals surface area contributed by atoms with Crippen LogP contribution in [0, 0.1) is 0 Å². The summed E-state index contributed by atoms with van der Waals surface area (Å²) in [6.45, 7) is 2.05. The van der Waals surface area contributed by atoms with Crippen molar-refractivity contribution in [2.75, 3.05) is 26.2 Å². The average Bonchev–Trinajstić information content (AvgIpc) is 3.08. The van der Waals surface area contributed by atoms with E-state index in [1.54, 1.807) is 22.4 Å². The van der Waals surface area contributed by atoms with Crippen molar-refractivity contribution >= 4 is 23.7 Å². The summed E-state index contributed by atoms with van der Waals surface area (Å²) in [5, 5.41) is 4.82. The number of alkyl halides is 6. The molecule has 150 valence electrons. The molecule has 1 saturated heterocycles. The first-order chi connectivity index (χ1) is 12.2. The van der Waals surface area contributed by atoms with E-state index < -0.39 is 29.5 Å². The van der Waals surface area contributed by atoms with Gasteiger partial charge in [0.05, 0.1) is 17.2 Å². The quantitative estimate of drug-likeness (QED) is 0.673. The number of nitrogens with zero attached hydrogens (tertiary/aromatic N) is 1. The van der Waals surface area contributed by atoms with Gasteiger partial charge in [-0.25, -0.2) is 0 Å². The molecule has 0 bridgehead atoms. The number of nitrogens with one attached hydrogen (secondary N) is 1. The second-order valence-corrected chi connectivity index (χ2v) is 6.98. The summed E-state index contributed by atoms with van der Waals surface area (Å²) >= 11 is 1.24. The normalized spacial score (nSPS) is 17.4. The Morgan fingerprint density at radius 2 is 1.63 bits per heavy atom. The standard InChI is InChI=1S/C17H16F6N2S.ClH/c18-16(19,20)11-3-4-13(17(21,22)23)12(10-11)15(14-2-1-9-26-14)25-7-5-24-6-8-25;/h1-4,9-10,15,24H,5-8H2;1H/t15-;/m1./s1. The molecule has 0 unspecified atom stereocenters. The summed E-state index contributed by atoms with van der Waals surface area (Å²) in [4.78, 5) is 2.39. The Kier molecular flexibility index (Phi) is 6.83. The van der Waals surface area contributed by atoms with Crippen LogP contribution in [-0.2, 0) is 12.4 Å². The van der Waals surface area contributed by atoms with Crippen LogP contribution in [-0.4, -0.2) is 31.1 Å². The Morgan fingerprint density at radius 3 is 2.15 bits per heavy atom. The monoisotopic (exact) mass is 430 g/mol. The van der Waals surface area contributed by atoms with Crippen molar-refractivity contribution < 1.29 is 26.3 Å². The molecule has 0 amide bonds. The molecule has 2 heterocycles. The highest BCUT2D eigenvalue weighted by molar-refractivity contribution is 7.10. The van der Waals surface area contributed by atoms with Gasteiger partial charge in [0.1, 0.15) is 0 Å². The van der Waals surface area contributed by atoms with Crippen molar-refractivity contribution in [1.29, 1.82) is 0 Å². The fourth-order valence-corrected chi connectivity index (χ4v) is 4.02. The molecule has 2 nitrogen and oxygen atoms in total. The molecule has 0 aliphatic carbocycles. The summed E-state index contributed by atoms with van der Waals surface area (Å²) in [6, 6.07) is 4.18. The zero-order valence-corrected chi connectivity index (χ0v) is 15.5. The van der Waals surface area contributed by atoms with Crippen LogP contribution in [0.1, 0.15) is 27.6 Å². The van der Waals surface area contributed by atoms with Gasteiger partial charge in [0.15, 0.2) is 0 Å². The molecule has 3 rings (SSSR count). The number of hydrogen-bond donors (Lipinski definition) is 1. The highest BCUT2D eigenvalue weighted by Crippen LogP contribution is 2.42. The minimum atomic E-state index is -4.73. The van der Waals surface area contributed by atoms with Crippen LogP contribution in [0.2, 0.25) is 0 Å². The van der Waals surface area contributed by atoms with E-state index in [0.717, 1.165) is 0 Å². The predicted molar refractivity (Wildman–Crippen MR) is 94.3 cm³/mol. The lowest BCUT2D eigenvalue weighted by Crippen LogP contribution is -2.45. The average molecular weight is 431 g/mol. The van der Waals surface area contributed by atoms with Gasteiger partial charge in [-0.1, -0.05) is 6.07 Å². The van der Waals surface area contributed by atoms with E-state index >= 15 is 0 Å². The third kappa shape index (κ3) is 4.96. The van der Waals surface area contributed by atoms with Gasteiger partial charge >= 0.3 is 12.4 Å². The molecule has 1 aromatic heterocycles. The fraction of sp³-hybridized carbons (Fsp3) is 0.412. The molecular weight excluding hydrogens is 414 g/mol. The molecule has 1 fully saturated rings. The van der Waals surface area contributed by atoms with Crippen LogP contribution in [0.4, 0.5) is 26.3 Å². The summed E-state index contributed by atoms with van der Waals surface area (Å²) in [7, 11) is 0. The first kappa shape index (κ1) is 22.0. The second-order valence-electron chi connectivity index (χ2n) is 6.00. The van der Waals surface area contributed by atoms with Crippen molar-refractivity contribution in [3.8, 4) is 0 Å². The lowest BCUT2D eigenvalue weighted by atomic mass is 9.94. The number of benzene rings is 1. The number of rotatable bonds is 3. The van der Waals surface area contributed by atoms with Crippen LogP contribution in [0.5, 0.6) is 0 Å². The smallest absolute Gasteiger partial charge is 0.314 e. The zero-order valence-electron chi connectivity index (χ0n) is 13.9. The largest absolute Gasteiger partial charge is 0.416 e. The lowest BCUT2D eigenvalue weighted by Gasteiger charge is -2.36.